The van der Waals surface area contributed by atoms with Crippen LogP contribution in [0.3, 0.4) is 0 Å². The standard InChI is InChI=1S/C11H10BrN3O4S2/c1-6-9(11(16)17)10(20-14-6)15(2)21(18,19)8-3-7(12)4-13-5-8/h3-5H,1-2H3,(H,16,17). The van der Waals surface area contributed by atoms with Crippen molar-refractivity contribution in [1.82, 2.24) is 9.36 Å². The van der Waals surface area contributed by atoms with Crippen LogP contribution >= 0.6 is 27.5 Å². The zero-order valence-electron chi connectivity index (χ0n) is 10.9. The molecule has 0 unspecified atom stereocenters. The summed E-state index contributed by atoms with van der Waals surface area (Å²) in [6.07, 6.45) is 2.66. The maximum atomic E-state index is 12.5. The van der Waals surface area contributed by atoms with E-state index in [9.17, 15) is 18.3 Å². The highest BCUT2D eigenvalue weighted by molar-refractivity contribution is 9.10. The van der Waals surface area contributed by atoms with Crippen LogP contribution < -0.4 is 4.31 Å². The predicted octanol–water partition coefficient (Wildman–Crippen LogP) is 2.13. The molecule has 0 amide bonds. The Morgan fingerprint density at radius 1 is 1.43 bits per heavy atom. The zero-order chi connectivity index (χ0) is 15.8. The number of aromatic carboxylic acids is 1. The first-order chi connectivity index (χ1) is 9.75. The molecule has 0 aliphatic carbocycles. The Balaban J connectivity index is 2.54. The zero-order valence-corrected chi connectivity index (χ0v) is 14.2. The van der Waals surface area contributed by atoms with Crippen LogP contribution in [0.1, 0.15) is 16.1 Å². The van der Waals surface area contributed by atoms with Gasteiger partial charge in [-0.1, -0.05) is 0 Å². The topological polar surface area (TPSA) is 100 Å². The average molecular weight is 392 g/mol. The number of pyridine rings is 1. The van der Waals surface area contributed by atoms with Crippen LogP contribution in [0.4, 0.5) is 5.00 Å². The predicted molar refractivity (Wildman–Crippen MR) is 81.3 cm³/mol. The summed E-state index contributed by atoms with van der Waals surface area (Å²) in [7, 11) is -2.62. The van der Waals surface area contributed by atoms with Crippen molar-refractivity contribution in [3.63, 3.8) is 0 Å². The number of sulfonamides is 1. The van der Waals surface area contributed by atoms with Gasteiger partial charge in [0.05, 0.1) is 5.69 Å². The Bertz CT molecular complexity index is 804. The Labute approximate surface area is 133 Å². The van der Waals surface area contributed by atoms with E-state index in [1.165, 1.54) is 32.4 Å². The minimum absolute atomic E-state index is 0.0400. The summed E-state index contributed by atoms with van der Waals surface area (Å²) in [6.45, 7) is 1.52. The highest BCUT2D eigenvalue weighted by Crippen LogP contribution is 2.31. The van der Waals surface area contributed by atoms with Gasteiger partial charge >= 0.3 is 5.97 Å². The highest BCUT2D eigenvalue weighted by Gasteiger charge is 2.29. The Kier molecular flexibility index (Phi) is 4.30. The van der Waals surface area contributed by atoms with E-state index in [0.717, 1.165) is 15.8 Å². The van der Waals surface area contributed by atoms with Crippen LogP contribution in [0.15, 0.2) is 27.8 Å². The van der Waals surface area contributed by atoms with Crippen molar-refractivity contribution in [2.75, 3.05) is 11.4 Å². The van der Waals surface area contributed by atoms with Gasteiger partial charge in [0.15, 0.2) is 0 Å². The summed E-state index contributed by atoms with van der Waals surface area (Å²) in [5.74, 6) is -1.22. The van der Waals surface area contributed by atoms with Gasteiger partial charge in [0.2, 0.25) is 0 Å². The second-order valence-electron chi connectivity index (χ2n) is 4.06. The second-order valence-corrected chi connectivity index (χ2v) is 7.70. The lowest BCUT2D eigenvalue weighted by molar-refractivity contribution is 0.0697. The van der Waals surface area contributed by atoms with E-state index in [0.29, 0.717) is 4.47 Å². The lowest BCUT2D eigenvalue weighted by Crippen LogP contribution is -2.27. The molecule has 0 bridgehead atoms. The van der Waals surface area contributed by atoms with Crippen molar-refractivity contribution in [3.05, 3.63) is 34.2 Å². The fraction of sp³-hybridized carbons (Fsp3) is 0.182. The first-order valence-electron chi connectivity index (χ1n) is 5.54. The number of anilines is 1. The number of carboxylic acid groups (broad SMARTS) is 1. The number of aromatic nitrogens is 2. The summed E-state index contributed by atoms with van der Waals surface area (Å²) in [6, 6.07) is 1.40. The molecule has 2 aromatic rings. The van der Waals surface area contributed by atoms with Crippen LogP contribution in [0.5, 0.6) is 0 Å². The van der Waals surface area contributed by atoms with Gasteiger partial charge in [-0.2, -0.15) is 4.37 Å². The number of hydrogen-bond donors (Lipinski definition) is 1. The maximum absolute atomic E-state index is 12.5. The molecule has 1 N–H and O–H groups in total. The molecule has 21 heavy (non-hydrogen) atoms. The van der Waals surface area contributed by atoms with Gasteiger partial charge in [-0.15, -0.1) is 0 Å². The van der Waals surface area contributed by atoms with Crippen LogP contribution in [0.25, 0.3) is 0 Å². The third kappa shape index (κ3) is 2.92. The molecule has 112 valence electrons. The first kappa shape index (κ1) is 15.9. The number of nitrogens with zero attached hydrogens (tertiary/aromatic N) is 3. The molecule has 0 radical (unpaired) electrons. The summed E-state index contributed by atoms with van der Waals surface area (Å²) in [4.78, 5) is 15.0. The van der Waals surface area contributed by atoms with Crippen LogP contribution in [-0.4, -0.2) is 35.9 Å². The third-order valence-electron chi connectivity index (χ3n) is 2.68. The molecule has 0 fully saturated rings. The maximum Gasteiger partial charge on any atom is 0.340 e. The number of halogens is 1. The molecule has 7 nitrogen and oxygen atoms in total. The first-order valence-corrected chi connectivity index (χ1v) is 8.55. The van der Waals surface area contributed by atoms with Gasteiger partial charge in [0.1, 0.15) is 15.5 Å². The molecule has 0 aromatic carbocycles. The van der Waals surface area contributed by atoms with E-state index >= 15 is 0 Å². The largest absolute Gasteiger partial charge is 0.478 e. The molecule has 2 heterocycles. The average Bonchev–Trinajstić information content (AvgIpc) is 2.79. The van der Waals surface area contributed by atoms with E-state index in [4.69, 9.17) is 0 Å². The van der Waals surface area contributed by atoms with Crippen LogP contribution in [0.2, 0.25) is 0 Å². The van der Waals surface area contributed by atoms with Crippen molar-refractivity contribution in [2.45, 2.75) is 11.8 Å². The number of aryl methyl sites for hydroxylation is 1. The molecule has 2 aromatic heterocycles. The Morgan fingerprint density at radius 2 is 2.10 bits per heavy atom. The summed E-state index contributed by atoms with van der Waals surface area (Å²) in [5, 5.41) is 9.25. The summed E-state index contributed by atoms with van der Waals surface area (Å²) >= 11 is 3.97. The highest BCUT2D eigenvalue weighted by atomic mass is 79.9. The van der Waals surface area contributed by atoms with Crippen molar-refractivity contribution < 1.29 is 18.3 Å². The van der Waals surface area contributed by atoms with Crippen molar-refractivity contribution in [1.29, 1.82) is 0 Å². The van der Waals surface area contributed by atoms with Crippen molar-refractivity contribution >= 4 is 48.5 Å². The van der Waals surface area contributed by atoms with Gasteiger partial charge in [0, 0.05) is 23.9 Å². The molecule has 0 saturated carbocycles. The smallest absolute Gasteiger partial charge is 0.340 e. The van der Waals surface area contributed by atoms with Gasteiger partial charge < -0.3 is 5.11 Å². The monoisotopic (exact) mass is 391 g/mol. The molecule has 2 rings (SSSR count). The molecule has 10 heteroatoms. The van der Waals surface area contributed by atoms with E-state index in [1.54, 1.807) is 0 Å². The third-order valence-corrected chi connectivity index (χ3v) is 5.97. The van der Waals surface area contributed by atoms with Crippen molar-refractivity contribution in [2.24, 2.45) is 0 Å². The summed E-state index contributed by atoms with van der Waals surface area (Å²) in [5.41, 5.74) is 0.158. The fourth-order valence-electron chi connectivity index (χ4n) is 1.62. The Hall–Kier alpha value is -1.52. The molecular formula is C11H10BrN3O4S2. The van der Waals surface area contributed by atoms with Gasteiger partial charge in [-0.25, -0.2) is 13.2 Å². The van der Waals surface area contributed by atoms with E-state index in [-0.39, 0.29) is 21.2 Å². The van der Waals surface area contributed by atoms with E-state index in [1.807, 2.05) is 0 Å². The SMILES string of the molecule is Cc1nsc(N(C)S(=O)(=O)c2cncc(Br)c2)c1C(=O)O. The number of hydrogen-bond acceptors (Lipinski definition) is 6. The van der Waals surface area contributed by atoms with Gasteiger partial charge in [0.25, 0.3) is 10.0 Å². The molecule has 0 atom stereocenters. The number of rotatable bonds is 4. The van der Waals surface area contributed by atoms with E-state index < -0.39 is 16.0 Å². The lowest BCUT2D eigenvalue weighted by Gasteiger charge is -2.17. The molecule has 0 spiro atoms. The normalized spacial score (nSPS) is 11.4. The molecular weight excluding hydrogens is 382 g/mol. The van der Waals surface area contributed by atoms with Crippen molar-refractivity contribution in [3.8, 4) is 0 Å². The molecule has 0 aliphatic heterocycles. The fourth-order valence-corrected chi connectivity index (χ4v) is 4.38. The van der Waals surface area contributed by atoms with Gasteiger partial charge in [-0.05, 0) is 40.5 Å². The minimum Gasteiger partial charge on any atom is -0.478 e. The quantitative estimate of drug-likeness (QED) is 0.856. The number of carboxylic acids is 1. The number of carbonyl (C=O) groups is 1. The van der Waals surface area contributed by atoms with Crippen LogP contribution in [-0.2, 0) is 10.0 Å². The summed E-state index contributed by atoms with van der Waals surface area (Å²) < 4.78 is 30.4. The minimum atomic E-state index is -3.91. The Morgan fingerprint density at radius 3 is 2.67 bits per heavy atom. The van der Waals surface area contributed by atoms with E-state index in [2.05, 4.69) is 25.3 Å². The molecule has 0 saturated heterocycles. The second kappa shape index (κ2) is 5.70. The van der Waals surface area contributed by atoms with Crippen LogP contribution in [0, 0.1) is 6.92 Å². The van der Waals surface area contributed by atoms with Gasteiger partial charge in [-0.3, -0.25) is 9.29 Å². The lowest BCUT2D eigenvalue weighted by atomic mass is 10.2. The molecule has 0 aliphatic rings.